The van der Waals surface area contributed by atoms with E-state index in [1.807, 2.05) is 41.9 Å². The van der Waals surface area contributed by atoms with E-state index < -0.39 is 0 Å². The van der Waals surface area contributed by atoms with Crippen LogP contribution in [0.4, 0.5) is 4.39 Å². The minimum absolute atomic E-state index is 0. The summed E-state index contributed by atoms with van der Waals surface area (Å²) >= 11 is 6.20. The van der Waals surface area contributed by atoms with Crippen LogP contribution in [-0.2, 0) is 7.05 Å². The second-order valence-electron chi connectivity index (χ2n) is 4.90. The first-order valence-corrected chi connectivity index (χ1v) is 6.72. The summed E-state index contributed by atoms with van der Waals surface area (Å²) in [5, 5.41) is 2.13. The monoisotopic (exact) mass is 321 g/mol. The summed E-state index contributed by atoms with van der Waals surface area (Å²) in [7, 11) is 1.94. The number of aromatic nitrogens is 2. The van der Waals surface area contributed by atoms with Crippen molar-refractivity contribution in [1.29, 1.82) is 0 Å². The molecule has 2 nitrogen and oxygen atoms in total. The number of pyridine rings is 1. The first-order valence-electron chi connectivity index (χ1n) is 6.34. The Bertz CT molecular complexity index is 992. The van der Waals surface area contributed by atoms with Gasteiger partial charge >= 0.3 is 0 Å². The Balaban J connectivity index is 0.00000132. The van der Waals surface area contributed by atoms with Gasteiger partial charge in [0.15, 0.2) is 5.82 Å². The van der Waals surface area contributed by atoms with Crippen molar-refractivity contribution in [2.75, 3.05) is 0 Å². The van der Waals surface area contributed by atoms with E-state index in [-0.39, 0.29) is 18.2 Å². The molecule has 0 saturated carbocycles. The Labute approximate surface area is 131 Å². The van der Waals surface area contributed by atoms with E-state index in [0.29, 0.717) is 15.9 Å². The number of nitrogens with one attached hydrogen (secondary N) is 1. The van der Waals surface area contributed by atoms with Gasteiger partial charge in [-0.2, -0.15) is 4.57 Å². The molecule has 0 fully saturated rings. The van der Waals surface area contributed by atoms with Crippen LogP contribution < -0.4 is 4.57 Å². The standard InChI is InChI=1S/C16H10ClFN2.ClH/c1-20-12-8-3-2-5-9(12)13(18)15-16(20)10-6-4-7-11(17)14(10)19-15;/h2-8H,1H3;1H/p+1. The highest BCUT2D eigenvalue weighted by Crippen LogP contribution is 2.31. The predicted molar refractivity (Wildman–Crippen MR) is 86.7 cm³/mol. The minimum atomic E-state index is -0.235. The molecule has 2 heterocycles. The molecule has 0 spiro atoms. The largest absolute Gasteiger partial charge is 0.346 e. The van der Waals surface area contributed by atoms with Gasteiger partial charge in [0.05, 0.1) is 21.3 Å². The first-order chi connectivity index (χ1) is 9.68. The molecular formula is C16H12Cl2FN2+. The highest BCUT2D eigenvalue weighted by molar-refractivity contribution is 6.36. The molecule has 2 aromatic carbocycles. The lowest BCUT2D eigenvalue weighted by Gasteiger charge is -2.00. The van der Waals surface area contributed by atoms with Crippen molar-refractivity contribution in [2.24, 2.45) is 7.05 Å². The summed E-state index contributed by atoms with van der Waals surface area (Å²) in [6.45, 7) is 0. The average Bonchev–Trinajstić information content (AvgIpc) is 2.86. The molecule has 4 aromatic rings. The Morgan fingerprint density at radius 1 is 1.00 bits per heavy atom. The molecule has 0 atom stereocenters. The smallest absolute Gasteiger partial charge is 0.241 e. The molecule has 1 N–H and O–H groups in total. The molecular weight excluding hydrogens is 310 g/mol. The van der Waals surface area contributed by atoms with Gasteiger partial charge in [-0.3, -0.25) is 0 Å². The Morgan fingerprint density at radius 3 is 2.52 bits per heavy atom. The molecule has 106 valence electrons. The maximum absolute atomic E-state index is 14.7. The van der Waals surface area contributed by atoms with Crippen LogP contribution in [0.15, 0.2) is 42.5 Å². The normalized spacial score (nSPS) is 11.2. The summed E-state index contributed by atoms with van der Waals surface area (Å²) in [5.74, 6) is -0.235. The Hall–Kier alpha value is -1.84. The van der Waals surface area contributed by atoms with Crippen LogP contribution in [0.2, 0.25) is 5.02 Å². The molecule has 0 aliphatic heterocycles. The van der Waals surface area contributed by atoms with E-state index in [9.17, 15) is 4.39 Å². The van der Waals surface area contributed by atoms with Crippen LogP contribution in [-0.4, -0.2) is 4.98 Å². The molecule has 0 aliphatic carbocycles. The van der Waals surface area contributed by atoms with Gasteiger partial charge in [-0.05, 0) is 18.2 Å². The molecule has 2 aromatic heterocycles. The van der Waals surface area contributed by atoms with Gasteiger partial charge in [0.25, 0.3) is 0 Å². The van der Waals surface area contributed by atoms with Gasteiger partial charge in [0, 0.05) is 6.07 Å². The molecule has 4 rings (SSSR count). The molecule has 0 amide bonds. The zero-order valence-corrected chi connectivity index (χ0v) is 12.7. The lowest BCUT2D eigenvalue weighted by Crippen LogP contribution is -2.30. The number of H-pyrrole nitrogens is 1. The van der Waals surface area contributed by atoms with E-state index in [0.717, 1.165) is 21.9 Å². The third-order valence-corrected chi connectivity index (χ3v) is 4.13. The third kappa shape index (κ3) is 1.81. The number of para-hydroxylation sites is 2. The SMILES string of the molecule is C[n+]1c2ccccc2c(F)c2[nH]c3c(Cl)cccc3c21.Cl. The van der Waals surface area contributed by atoms with E-state index in [4.69, 9.17) is 11.6 Å². The molecule has 0 saturated heterocycles. The molecule has 0 radical (unpaired) electrons. The zero-order chi connectivity index (χ0) is 13.9. The molecule has 5 heteroatoms. The van der Waals surface area contributed by atoms with E-state index >= 15 is 0 Å². The van der Waals surface area contributed by atoms with Crippen molar-refractivity contribution in [3.63, 3.8) is 0 Å². The third-order valence-electron chi connectivity index (χ3n) is 3.81. The predicted octanol–water partition coefficient (Wildman–Crippen LogP) is 4.51. The van der Waals surface area contributed by atoms with Crippen molar-refractivity contribution in [3.05, 3.63) is 53.3 Å². The Kier molecular flexibility index (Phi) is 3.27. The molecule has 0 aliphatic rings. The van der Waals surface area contributed by atoms with Gasteiger partial charge in [-0.15, -0.1) is 12.4 Å². The lowest BCUT2D eigenvalue weighted by molar-refractivity contribution is -0.617. The van der Waals surface area contributed by atoms with Gasteiger partial charge in [-0.1, -0.05) is 29.8 Å². The Morgan fingerprint density at radius 2 is 1.71 bits per heavy atom. The summed E-state index contributed by atoms with van der Waals surface area (Å²) < 4.78 is 16.7. The van der Waals surface area contributed by atoms with Crippen LogP contribution >= 0.6 is 24.0 Å². The maximum Gasteiger partial charge on any atom is 0.241 e. The van der Waals surface area contributed by atoms with Crippen molar-refractivity contribution in [3.8, 4) is 0 Å². The maximum atomic E-state index is 14.7. The van der Waals surface area contributed by atoms with Crippen LogP contribution in [0.3, 0.4) is 0 Å². The fourth-order valence-corrected chi connectivity index (χ4v) is 3.10. The molecule has 0 bridgehead atoms. The average molecular weight is 322 g/mol. The van der Waals surface area contributed by atoms with Crippen molar-refractivity contribution in [2.45, 2.75) is 0 Å². The lowest BCUT2D eigenvalue weighted by atomic mass is 10.1. The number of hydrogen-bond acceptors (Lipinski definition) is 0. The van der Waals surface area contributed by atoms with Gasteiger partial charge in [-0.25, -0.2) is 4.39 Å². The topological polar surface area (TPSA) is 19.7 Å². The fourth-order valence-electron chi connectivity index (χ4n) is 2.88. The van der Waals surface area contributed by atoms with E-state index in [2.05, 4.69) is 4.98 Å². The summed E-state index contributed by atoms with van der Waals surface area (Å²) in [6.07, 6.45) is 0. The second kappa shape index (κ2) is 4.86. The fraction of sp³-hybridized carbons (Fsp3) is 0.0625. The summed E-state index contributed by atoms with van der Waals surface area (Å²) in [6, 6.07) is 13.1. The first kappa shape index (κ1) is 14.1. The summed E-state index contributed by atoms with van der Waals surface area (Å²) in [4.78, 5) is 3.12. The number of halogens is 3. The van der Waals surface area contributed by atoms with Crippen molar-refractivity contribution in [1.82, 2.24) is 4.98 Å². The number of nitrogens with zero attached hydrogens (tertiary/aromatic N) is 1. The number of hydrogen-bond donors (Lipinski definition) is 1. The van der Waals surface area contributed by atoms with E-state index in [1.165, 1.54) is 0 Å². The van der Waals surface area contributed by atoms with Crippen molar-refractivity contribution >= 4 is 56.8 Å². The van der Waals surface area contributed by atoms with Gasteiger partial charge < -0.3 is 4.98 Å². The highest BCUT2D eigenvalue weighted by atomic mass is 35.5. The van der Waals surface area contributed by atoms with E-state index in [1.54, 1.807) is 12.1 Å². The minimum Gasteiger partial charge on any atom is -0.346 e. The number of fused-ring (bicyclic) bond motifs is 4. The van der Waals surface area contributed by atoms with Crippen LogP contribution in [0.25, 0.3) is 32.8 Å². The van der Waals surface area contributed by atoms with Gasteiger partial charge in [0.2, 0.25) is 11.0 Å². The van der Waals surface area contributed by atoms with Gasteiger partial charge in [0.1, 0.15) is 12.6 Å². The van der Waals surface area contributed by atoms with Crippen LogP contribution in [0.5, 0.6) is 0 Å². The quantitative estimate of drug-likeness (QED) is 0.460. The molecule has 21 heavy (non-hydrogen) atoms. The number of aryl methyl sites for hydroxylation is 1. The number of rotatable bonds is 0. The zero-order valence-electron chi connectivity index (χ0n) is 11.2. The molecule has 0 unspecified atom stereocenters. The summed E-state index contributed by atoms with van der Waals surface area (Å²) in [5.41, 5.74) is 2.96. The highest BCUT2D eigenvalue weighted by Gasteiger charge is 2.22. The van der Waals surface area contributed by atoms with Crippen LogP contribution in [0.1, 0.15) is 0 Å². The van der Waals surface area contributed by atoms with Crippen molar-refractivity contribution < 1.29 is 8.96 Å². The number of benzene rings is 2. The number of aromatic amines is 1. The van der Waals surface area contributed by atoms with Crippen LogP contribution in [0, 0.1) is 5.82 Å². The second-order valence-corrected chi connectivity index (χ2v) is 5.31.